The summed E-state index contributed by atoms with van der Waals surface area (Å²) in [5.74, 6) is -0.827. The van der Waals surface area contributed by atoms with Crippen molar-refractivity contribution in [2.75, 3.05) is 0 Å². The molecule has 0 radical (unpaired) electrons. The monoisotopic (exact) mass is 447 g/mol. The highest BCUT2D eigenvalue weighted by atomic mass is 19.4. The van der Waals surface area contributed by atoms with Crippen molar-refractivity contribution in [1.29, 1.82) is 0 Å². The number of aliphatic hydroxyl groups excluding tert-OH is 1. The van der Waals surface area contributed by atoms with Gasteiger partial charge < -0.3 is 10.2 Å². The molecule has 3 N–H and O–H groups in total. The Kier molecular flexibility index (Phi) is 6.32. The van der Waals surface area contributed by atoms with Gasteiger partial charge in [-0.15, -0.1) is 0 Å². The molecule has 0 spiro atoms. The highest BCUT2D eigenvalue weighted by molar-refractivity contribution is 6.13. The Balaban J connectivity index is 2.24. The number of hydrogen-bond donors (Lipinski definition) is 3. The van der Waals surface area contributed by atoms with E-state index in [2.05, 4.69) is 10.5 Å². The topological polar surface area (TPSA) is 86.8 Å². The molecule has 0 aliphatic rings. The van der Waals surface area contributed by atoms with E-state index < -0.39 is 23.8 Å². The minimum Gasteiger partial charge on any atom is -0.494 e. The minimum absolute atomic E-state index is 0.155. The maximum Gasteiger partial charge on any atom is 0.416 e. The molecule has 0 saturated carbocycles. The molecule has 1 heterocycles. The highest BCUT2D eigenvalue weighted by Gasteiger charge is 2.32. The first kappa shape index (κ1) is 23.3. The van der Waals surface area contributed by atoms with E-state index in [1.165, 1.54) is 24.5 Å². The van der Waals surface area contributed by atoms with E-state index in [9.17, 15) is 28.2 Å². The molecule has 3 aromatic rings. The van der Waals surface area contributed by atoms with Crippen LogP contribution in [-0.2, 0) is 11.0 Å². The molecule has 3 rings (SSSR count). The summed E-state index contributed by atoms with van der Waals surface area (Å²) in [7, 11) is 0. The Morgan fingerprint density at radius 3 is 2.34 bits per heavy atom. The van der Waals surface area contributed by atoms with E-state index >= 15 is 0 Å². The Morgan fingerprint density at radius 1 is 1.16 bits per heavy atom. The van der Waals surface area contributed by atoms with Crippen LogP contribution in [0.15, 0.2) is 41.5 Å². The van der Waals surface area contributed by atoms with E-state index in [1.807, 2.05) is 19.9 Å². The van der Waals surface area contributed by atoms with Gasteiger partial charge in [-0.25, -0.2) is 5.43 Å². The Labute approximate surface area is 183 Å². The second-order valence-corrected chi connectivity index (χ2v) is 7.89. The van der Waals surface area contributed by atoms with E-state index in [0.29, 0.717) is 11.1 Å². The summed E-state index contributed by atoms with van der Waals surface area (Å²) < 4.78 is 41.5. The number of hydrogen-bond acceptors (Lipinski definition) is 4. The fraction of sp³-hybridized carbons (Fsp3) is 0.304. The third-order valence-corrected chi connectivity index (χ3v) is 4.93. The van der Waals surface area contributed by atoms with Gasteiger partial charge in [-0.05, 0) is 63.1 Å². The molecule has 32 heavy (non-hydrogen) atoms. The van der Waals surface area contributed by atoms with Gasteiger partial charge >= 0.3 is 6.18 Å². The zero-order chi connectivity index (χ0) is 23.8. The summed E-state index contributed by atoms with van der Waals surface area (Å²) in [5.41, 5.74) is 4.27. The predicted octanol–water partition coefficient (Wildman–Crippen LogP) is 4.58. The van der Waals surface area contributed by atoms with Gasteiger partial charge in [0.2, 0.25) is 11.8 Å². The molecule has 0 aliphatic carbocycles. The summed E-state index contributed by atoms with van der Waals surface area (Å²) in [4.78, 5) is 11.8. The van der Waals surface area contributed by atoms with E-state index in [0.717, 1.165) is 23.3 Å². The van der Waals surface area contributed by atoms with Gasteiger partial charge in [0.15, 0.2) is 0 Å². The Hall–Kier alpha value is -3.33. The molecule has 6 nitrogen and oxygen atoms in total. The Bertz CT molecular complexity index is 1190. The lowest BCUT2D eigenvalue weighted by Crippen LogP contribution is -2.23. The van der Waals surface area contributed by atoms with Crippen LogP contribution in [0.2, 0.25) is 0 Å². The number of hydrazone groups is 1. The van der Waals surface area contributed by atoms with Crippen molar-refractivity contribution >= 4 is 22.5 Å². The quantitative estimate of drug-likeness (QED) is 0.395. The normalized spacial score (nSPS) is 13.4. The van der Waals surface area contributed by atoms with Gasteiger partial charge in [0.25, 0.3) is 0 Å². The smallest absolute Gasteiger partial charge is 0.416 e. The molecule has 1 aromatic heterocycles. The van der Waals surface area contributed by atoms with Crippen LogP contribution in [0, 0.1) is 13.8 Å². The molecule has 1 unspecified atom stereocenters. The number of aliphatic hydroxyl groups is 1. The lowest BCUT2D eigenvalue weighted by Gasteiger charge is -2.11. The van der Waals surface area contributed by atoms with Crippen molar-refractivity contribution < 1.29 is 28.2 Å². The zero-order valence-electron chi connectivity index (χ0n) is 18.1. The lowest BCUT2D eigenvalue weighted by molar-refractivity contribution is -0.137. The molecule has 0 bridgehead atoms. The summed E-state index contributed by atoms with van der Waals surface area (Å²) in [6, 6.07) is 8.63. The lowest BCUT2D eigenvalue weighted by atomic mass is 10.1. The molecule has 1 atom stereocenters. The third kappa shape index (κ3) is 4.77. The van der Waals surface area contributed by atoms with Crippen LogP contribution in [0.1, 0.15) is 42.5 Å². The number of carbonyl (C=O) groups is 1. The summed E-state index contributed by atoms with van der Waals surface area (Å²) in [5, 5.41) is 24.7. The molecule has 9 heteroatoms. The molecule has 0 aliphatic heterocycles. The number of benzene rings is 2. The van der Waals surface area contributed by atoms with Crippen molar-refractivity contribution in [2.45, 2.75) is 46.4 Å². The second-order valence-electron chi connectivity index (χ2n) is 7.89. The summed E-state index contributed by atoms with van der Waals surface area (Å²) in [6.45, 7) is 6.69. The highest BCUT2D eigenvalue weighted by Crippen LogP contribution is 2.39. The number of rotatable bonds is 5. The van der Waals surface area contributed by atoms with Gasteiger partial charge in [-0.2, -0.15) is 18.3 Å². The average molecular weight is 447 g/mol. The Morgan fingerprint density at radius 2 is 1.78 bits per heavy atom. The molecule has 170 valence electrons. The maximum atomic E-state index is 13.4. The van der Waals surface area contributed by atoms with E-state index in [-0.39, 0.29) is 29.1 Å². The SMILES string of the molecule is C/C(=N\NC(=O)CC(C)O)c1c(O)n(-c2cc(C)cc(C)c2)c2cc(C(F)(F)F)ccc12. The van der Waals surface area contributed by atoms with E-state index in [1.54, 1.807) is 12.1 Å². The molecule has 1 amide bonds. The second kappa shape index (κ2) is 8.66. The van der Waals surface area contributed by atoms with Gasteiger partial charge in [0.1, 0.15) is 0 Å². The van der Waals surface area contributed by atoms with Crippen LogP contribution < -0.4 is 5.43 Å². The number of halogens is 3. The first-order chi connectivity index (χ1) is 14.9. The van der Waals surface area contributed by atoms with Crippen molar-refractivity contribution in [1.82, 2.24) is 9.99 Å². The number of aromatic nitrogens is 1. The number of aryl methyl sites for hydroxylation is 2. The number of nitrogens with zero attached hydrogens (tertiary/aromatic N) is 2. The first-order valence-electron chi connectivity index (χ1n) is 9.93. The zero-order valence-corrected chi connectivity index (χ0v) is 18.1. The molecular weight excluding hydrogens is 423 g/mol. The van der Waals surface area contributed by atoms with Gasteiger partial charge in [0.05, 0.1) is 34.9 Å². The standard InChI is InChI=1S/C23H24F3N3O3/c1-12-7-13(2)9-17(8-12)29-19-11-16(23(24,25)26)5-6-18(19)21(22(29)32)15(4)27-28-20(31)10-14(3)30/h5-9,11,14,30,32H,10H2,1-4H3,(H,28,31)/b27-15+. The van der Waals surface area contributed by atoms with Crippen LogP contribution in [0.25, 0.3) is 16.6 Å². The number of nitrogens with one attached hydrogen (secondary N) is 1. The predicted molar refractivity (Wildman–Crippen MR) is 116 cm³/mol. The van der Waals surface area contributed by atoms with Crippen molar-refractivity contribution in [3.05, 3.63) is 58.7 Å². The number of aromatic hydroxyl groups is 1. The largest absolute Gasteiger partial charge is 0.494 e. The number of fused-ring (bicyclic) bond motifs is 1. The van der Waals surface area contributed by atoms with Gasteiger partial charge in [0, 0.05) is 11.1 Å². The van der Waals surface area contributed by atoms with Crippen LogP contribution in [0.3, 0.4) is 0 Å². The van der Waals surface area contributed by atoms with Crippen molar-refractivity contribution in [3.8, 4) is 11.6 Å². The molecular formula is C23H24F3N3O3. The van der Waals surface area contributed by atoms with Crippen LogP contribution in [-0.4, -0.2) is 32.5 Å². The number of alkyl halides is 3. The molecule has 0 saturated heterocycles. The first-order valence-corrected chi connectivity index (χ1v) is 9.93. The number of amides is 1. The molecule has 2 aromatic carbocycles. The van der Waals surface area contributed by atoms with E-state index in [4.69, 9.17) is 0 Å². The van der Waals surface area contributed by atoms with Crippen molar-refractivity contribution in [3.63, 3.8) is 0 Å². The van der Waals surface area contributed by atoms with Crippen LogP contribution in [0.5, 0.6) is 5.88 Å². The van der Waals surface area contributed by atoms with Gasteiger partial charge in [-0.1, -0.05) is 12.1 Å². The van der Waals surface area contributed by atoms with Crippen LogP contribution in [0.4, 0.5) is 13.2 Å². The number of carbonyl (C=O) groups excluding carboxylic acids is 1. The third-order valence-electron chi connectivity index (χ3n) is 4.93. The average Bonchev–Trinajstić information content (AvgIpc) is 2.95. The van der Waals surface area contributed by atoms with Crippen molar-refractivity contribution in [2.24, 2.45) is 5.10 Å². The minimum atomic E-state index is -4.56. The fourth-order valence-electron chi connectivity index (χ4n) is 3.66. The summed E-state index contributed by atoms with van der Waals surface area (Å²) >= 11 is 0. The fourth-order valence-corrected chi connectivity index (χ4v) is 3.66. The molecule has 0 fully saturated rings. The maximum absolute atomic E-state index is 13.4. The van der Waals surface area contributed by atoms with Gasteiger partial charge in [-0.3, -0.25) is 9.36 Å². The van der Waals surface area contributed by atoms with Crippen LogP contribution >= 0.6 is 0 Å². The summed E-state index contributed by atoms with van der Waals surface area (Å²) in [6.07, 6.45) is -5.58.